The van der Waals surface area contributed by atoms with E-state index in [0.29, 0.717) is 11.4 Å². The van der Waals surface area contributed by atoms with Crippen LogP contribution in [0.5, 0.6) is 0 Å². The summed E-state index contributed by atoms with van der Waals surface area (Å²) in [6.45, 7) is 1.99. The second-order valence-electron chi connectivity index (χ2n) is 4.60. The Hall–Kier alpha value is -2.30. The van der Waals surface area contributed by atoms with E-state index in [1.807, 2.05) is 25.1 Å². The molecule has 1 aromatic carbocycles. The molecule has 0 unspecified atom stereocenters. The van der Waals surface area contributed by atoms with Gasteiger partial charge in [0.1, 0.15) is 5.82 Å². The largest absolute Gasteiger partial charge is 0.382 e. The first kappa shape index (κ1) is 13.1. The summed E-state index contributed by atoms with van der Waals surface area (Å²) in [5.41, 5.74) is 9.47. The molecule has 0 fully saturated rings. The molecule has 0 saturated carbocycles. The highest BCUT2D eigenvalue weighted by molar-refractivity contribution is 5.94. The fourth-order valence-electron chi connectivity index (χ4n) is 2.07. The molecular formula is C14H18N4O. The van der Waals surface area contributed by atoms with Crippen LogP contribution in [0, 0.1) is 6.92 Å². The average Bonchev–Trinajstić information content (AvgIpc) is 2.80. The average molecular weight is 258 g/mol. The third-order valence-corrected chi connectivity index (χ3v) is 2.96. The van der Waals surface area contributed by atoms with Gasteiger partial charge in [-0.25, -0.2) is 0 Å². The van der Waals surface area contributed by atoms with Gasteiger partial charge in [-0.3, -0.25) is 9.89 Å². The minimum atomic E-state index is -0.0595. The number of hydrogen-bond donors (Lipinski definition) is 3. The molecule has 2 rings (SSSR count). The van der Waals surface area contributed by atoms with E-state index >= 15 is 0 Å². The molecule has 5 heteroatoms. The van der Waals surface area contributed by atoms with Crippen LogP contribution in [0.4, 0.5) is 5.82 Å². The normalized spacial score (nSPS) is 10.4. The van der Waals surface area contributed by atoms with Crippen LogP contribution in [0.1, 0.15) is 27.2 Å². The highest BCUT2D eigenvalue weighted by Gasteiger charge is 2.06. The number of carbonyl (C=O) groups excluding carboxylic acids is 1. The van der Waals surface area contributed by atoms with Crippen molar-refractivity contribution in [3.8, 4) is 0 Å². The standard InChI is InChI=1S/C14H18N4O/c1-9-5-10(7-11(6-9)14(19)16-2)3-4-12-8-13(15)18-17-12/h5-8H,3-4H2,1-2H3,(H,16,19)(H3,15,17,18). The lowest BCUT2D eigenvalue weighted by Gasteiger charge is -2.06. The van der Waals surface area contributed by atoms with Crippen molar-refractivity contribution in [1.29, 1.82) is 0 Å². The third kappa shape index (κ3) is 3.34. The zero-order valence-electron chi connectivity index (χ0n) is 11.2. The van der Waals surface area contributed by atoms with E-state index < -0.39 is 0 Å². The monoisotopic (exact) mass is 258 g/mol. The second-order valence-corrected chi connectivity index (χ2v) is 4.60. The van der Waals surface area contributed by atoms with Gasteiger partial charge in [0.15, 0.2) is 0 Å². The summed E-state index contributed by atoms with van der Waals surface area (Å²) in [6, 6.07) is 7.73. The molecule has 5 nitrogen and oxygen atoms in total. The van der Waals surface area contributed by atoms with E-state index in [2.05, 4.69) is 21.6 Å². The molecule has 0 bridgehead atoms. The van der Waals surface area contributed by atoms with Crippen molar-refractivity contribution in [2.45, 2.75) is 19.8 Å². The summed E-state index contributed by atoms with van der Waals surface area (Å²) >= 11 is 0. The number of aryl methyl sites for hydroxylation is 3. The number of rotatable bonds is 4. The third-order valence-electron chi connectivity index (χ3n) is 2.96. The number of benzene rings is 1. The Morgan fingerprint density at radius 3 is 2.74 bits per heavy atom. The summed E-state index contributed by atoms with van der Waals surface area (Å²) in [5, 5.41) is 9.42. The molecule has 0 aliphatic rings. The van der Waals surface area contributed by atoms with Crippen LogP contribution in [-0.2, 0) is 12.8 Å². The van der Waals surface area contributed by atoms with Gasteiger partial charge in [-0.2, -0.15) is 5.10 Å². The highest BCUT2D eigenvalue weighted by Crippen LogP contribution is 2.13. The molecule has 0 aliphatic carbocycles. The molecule has 0 aliphatic heterocycles. The maximum Gasteiger partial charge on any atom is 0.251 e. The first-order valence-corrected chi connectivity index (χ1v) is 6.21. The van der Waals surface area contributed by atoms with Crippen LogP contribution in [0.2, 0.25) is 0 Å². The van der Waals surface area contributed by atoms with Crippen LogP contribution in [0.3, 0.4) is 0 Å². The minimum absolute atomic E-state index is 0.0595. The Labute approximate surface area is 112 Å². The Kier molecular flexibility index (Phi) is 3.85. The maximum absolute atomic E-state index is 11.7. The lowest BCUT2D eigenvalue weighted by Crippen LogP contribution is -2.18. The van der Waals surface area contributed by atoms with Crippen molar-refractivity contribution >= 4 is 11.7 Å². The lowest BCUT2D eigenvalue weighted by molar-refractivity contribution is 0.0963. The Balaban J connectivity index is 2.11. The van der Waals surface area contributed by atoms with Gasteiger partial charge in [0.2, 0.25) is 0 Å². The van der Waals surface area contributed by atoms with E-state index in [-0.39, 0.29) is 5.91 Å². The lowest BCUT2D eigenvalue weighted by atomic mass is 10.0. The van der Waals surface area contributed by atoms with Gasteiger partial charge in [-0.15, -0.1) is 0 Å². The topological polar surface area (TPSA) is 83.8 Å². The van der Waals surface area contributed by atoms with Crippen LogP contribution in [-0.4, -0.2) is 23.2 Å². The van der Waals surface area contributed by atoms with Crippen molar-refractivity contribution in [3.05, 3.63) is 46.6 Å². The van der Waals surface area contributed by atoms with Gasteiger partial charge in [0.05, 0.1) is 0 Å². The predicted molar refractivity (Wildman–Crippen MR) is 75.0 cm³/mol. The molecule has 0 spiro atoms. The van der Waals surface area contributed by atoms with Crippen molar-refractivity contribution in [2.24, 2.45) is 0 Å². The van der Waals surface area contributed by atoms with Crippen molar-refractivity contribution in [3.63, 3.8) is 0 Å². The molecular weight excluding hydrogens is 240 g/mol. The van der Waals surface area contributed by atoms with Crippen LogP contribution in [0.25, 0.3) is 0 Å². The molecule has 0 radical (unpaired) electrons. The van der Waals surface area contributed by atoms with E-state index in [4.69, 9.17) is 5.73 Å². The molecule has 19 heavy (non-hydrogen) atoms. The first-order valence-electron chi connectivity index (χ1n) is 6.21. The van der Waals surface area contributed by atoms with E-state index in [0.717, 1.165) is 29.7 Å². The predicted octanol–water partition coefficient (Wildman–Crippen LogP) is 1.45. The molecule has 2 aromatic rings. The molecule has 1 heterocycles. The molecule has 0 atom stereocenters. The van der Waals surface area contributed by atoms with Gasteiger partial charge in [0.25, 0.3) is 5.91 Å². The Morgan fingerprint density at radius 2 is 2.11 bits per heavy atom. The minimum Gasteiger partial charge on any atom is -0.382 e. The fourth-order valence-corrected chi connectivity index (χ4v) is 2.07. The number of aromatic nitrogens is 2. The van der Waals surface area contributed by atoms with E-state index in [1.54, 1.807) is 7.05 Å². The number of nitrogens with two attached hydrogens (primary N) is 1. The number of aromatic amines is 1. The van der Waals surface area contributed by atoms with Crippen molar-refractivity contribution < 1.29 is 4.79 Å². The van der Waals surface area contributed by atoms with Crippen LogP contribution < -0.4 is 11.1 Å². The number of amides is 1. The summed E-state index contributed by atoms with van der Waals surface area (Å²) in [5.74, 6) is 0.445. The van der Waals surface area contributed by atoms with Gasteiger partial charge < -0.3 is 11.1 Å². The van der Waals surface area contributed by atoms with Gasteiger partial charge in [-0.1, -0.05) is 11.6 Å². The summed E-state index contributed by atoms with van der Waals surface area (Å²) in [4.78, 5) is 11.7. The zero-order valence-corrected chi connectivity index (χ0v) is 11.2. The molecule has 100 valence electrons. The summed E-state index contributed by atoms with van der Waals surface area (Å²) < 4.78 is 0. The maximum atomic E-state index is 11.7. The van der Waals surface area contributed by atoms with Gasteiger partial charge >= 0.3 is 0 Å². The molecule has 1 amide bonds. The molecule has 1 aromatic heterocycles. The highest BCUT2D eigenvalue weighted by atomic mass is 16.1. The number of carbonyl (C=O) groups is 1. The zero-order chi connectivity index (χ0) is 13.8. The summed E-state index contributed by atoms with van der Waals surface area (Å²) in [7, 11) is 1.64. The Morgan fingerprint density at radius 1 is 1.32 bits per heavy atom. The van der Waals surface area contributed by atoms with Gasteiger partial charge in [0, 0.05) is 24.4 Å². The van der Waals surface area contributed by atoms with Crippen molar-refractivity contribution in [1.82, 2.24) is 15.5 Å². The number of anilines is 1. The smallest absolute Gasteiger partial charge is 0.251 e. The summed E-state index contributed by atoms with van der Waals surface area (Å²) in [6.07, 6.45) is 1.66. The number of hydrogen-bond acceptors (Lipinski definition) is 3. The van der Waals surface area contributed by atoms with Crippen molar-refractivity contribution in [2.75, 3.05) is 12.8 Å². The number of nitrogens with one attached hydrogen (secondary N) is 2. The first-order chi connectivity index (χ1) is 9.08. The van der Waals surface area contributed by atoms with E-state index in [1.165, 1.54) is 0 Å². The number of H-pyrrole nitrogens is 1. The number of nitrogen functional groups attached to an aromatic ring is 1. The van der Waals surface area contributed by atoms with E-state index in [9.17, 15) is 4.79 Å². The quantitative estimate of drug-likeness (QED) is 0.776. The number of nitrogens with zero attached hydrogens (tertiary/aromatic N) is 1. The molecule has 0 saturated heterocycles. The van der Waals surface area contributed by atoms with Gasteiger partial charge in [-0.05, 0) is 37.5 Å². The van der Waals surface area contributed by atoms with Crippen LogP contribution >= 0.6 is 0 Å². The second kappa shape index (κ2) is 5.56. The molecule has 4 N–H and O–H groups in total. The Bertz CT molecular complexity index is 589. The fraction of sp³-hybridized carbons (Fsp3) is 0.286. The SMILES string of the molecule is CNC(=O)c1cc(C)cc(CCc2cc(N)n[nH]2)c1. The van der Waals surface area contributed by atoms with Crippen LogP contribution in [0.15, 0.2) is 24.3 Å².